The van der Waals surface area contributed by atoms with Crippen molar-refractivity contribution < 1.29 is 35.9 Å². The minimum absolute atomic E-state index is 0.0536. The molecule has 0 radical (unpaired) electrons. The Morgan fingerprint density at radius 1 is 0.667 bits per heavy atom. The number of nitrogens with one attached hydrogen (secondary N) is 2. The summed E-state index contributed by atoms with van der Waals surface area (Å²) in [5, 5.41) is 0. The Balaban J connectivity index is 0.000000300. The van der Waals surface area contributed by atoms with Gasteiger partial charge < -0.3 is 20.9 Å². The van der Waals surface area contributed by atoms with Gasteiger partial charge in [0.25, 0.3) is 20.0 Å². The van der Waals surface area contributed by atoms with Gasteiger partial charge in [-0.05, 0) is 48.5 Å². The van der Waals surface area contributed by atoms with Crippen LogP contribution in [0, 0.1) is 0 Å². The van der Waals surface area contributed by atoms with E-state index in [4.69, 9.17) is 11.5 Å². The highest BCUT2D eigenvalue weighted by atomic mass is 32.2. The van der Waals surface area contributed by atoms with E-state index in [0.29, 0.717) is 11.4 Å². The molecule has 2 amide bonds. The van der Waals surface area contributed by atoms with Gasteiger partial charge in [0.1, 0.15) is 0 Å². The first-order chi connectivity index (χ1) is 13.9. The highest BCUT2D eigenvalue weighted by molar-refractivity contribution is 7.90. The van der Waals surface area contributed by atoms with Gasteiger partial charge in [-0.3, -0.25) is 0 Å². The zero-order valence-electron chi connectivity index (χ0n) is 15.9. The number of nitrogen functional groups attached to an aromatic ring is 2. The topological polar surface area (TPSA) is 197 Å². The molecule has 6 N–H and O–H groups in total. The predicted octanol–water partition coefficient (Wildman–Crippen LogP) is 0.627. The maximum Gasteiger partial charge on any atom is 0.420 e. The standard InChI is InChI=1S/2C8H10N2O4S/c2*1-14-8(11)10-15(12,13)7-4-2-6(9)3-5-7/h2*2-5H,9H2,1H3,(H,10,11). The average molecular weight is 460 g/mol. The maximum atomic E-state index is 11.5. The number of carbonyl (C=O) groups excluding carboxylic acids is 2. The van der Waals surface area contributed by atoms with Gasteiger partial charge in [0.15, 0.2) is 0 Å². The average Bonchev–Trinajstić information content (AvgIpc) is 2.68. The number of nitrogens with two attached hydrogens (primary N) is 2. The Morgan fingerprint density at radius 3 is 1.17 bits per heavy atom. The summed E-state index contributed by atoms with van der Waals surface area (Å²) in [5.41, 5.74) is 11.7. The van der Waals surface area contributed by atoms with Gasteiger partial charge in [0.05, 0.1) is 24.0 Å². The fraction of sp³-hybridized carbons (Fsp3) is 0.125. The first-order valence-electron chi connectivity index (χ1n) is 7.84. The summed E-state index contributed by atoms with van der Waals surface area (Å²) in [5.74, 6) is 0. The van der Waals surface area contributed by atoms with Gasteiger partial charge in [-0.2, -0.15) is 0 Å². The number of benzene rings is 2. The van der Waals surface area contributed by atoms with E-state index in [1.165, 1.54) is 48.5 Å². The Hall–Kier alpha value is -3.52. The van der Waals surface area contributed by atoms with Crippen molar-refractivity contribution in [2.45, 2.75) is 9.79 Å². The molecule has 0 atom stereocenters. The number of amides is 2. The molecule has 0 saturated heterocycles. The number of anilines is 2. The van der Waals surface area contributed by atoms with E-state index in [1.54, 1.807) is 9.44 Å². The van der Waals surface area contributed by atoms with Crippen molar-refractivity contribution in [1.29, 1.82) is 0 Å². The Morgan fingerprint density at radius 2 is 0.933 bits per heavy atom. The van der Waals surface area contributed by atoms with Crippen LogP contribution in [0.1, 0.15) is 0 Å². The Bertz CT molecular complexity index is 994. The van der Waals surface area contributed by atoms with Crippen molar-refractivity contribution >= 4 is 43.6 Å². The SMILES string of the molecule is COC(=O)NS(=O)(=O)c1ccc(N)cc1.COC(=O)NS(=O)(=O)c1ccc(N)cc1. The van der Waals surface area contributed by atoms with Crippen LogP contribution >= 0.6 is 0 Å². The molecule has 0 fully saturated rings. The molecule has 0 spiro atoms. The summed E-state index contributed by atoms with van der Waals surface area (Å²) in [6.45, 7) is 0. The van der Waals surface area contributed by atoms with E-state index in [-0.39, 0.29) is 9.79 Å². The van der Waals surface area contributed by atoms with E-state index in [0.717, 1.165) is 14.2 Å². The molecule has 2 rings (SSSR count). The van der Waals surface area contributed by atoms with Crippen molar-refractivity contribution in [2.24, 2.45) is 0 Å². The molecule has 30 heavy (non-hydrogen) atoms. The predicted molar refractivity (Wildman–Crippen MR) is 107 cm³/mol. The highest BCUT2D eigenvalue weighted by Gasteiger charge is 2.18. The first kappa shape index (κ1) is 24.5. The smallest absolute Gasteiger partial charge is 0.420 e. The second kappa shape index (κ2) is 10.3. The van der Waals surface area contributed by atoms with Crippen LogP contribution in [0.2, 0.25) is 0 Å². The van der Waals surface area contributed by atoms with E-state index >= 15 is 0 Å². The second-order valence-electron chi connectivity index (χ2n) is 5.33. The van der Waals surface area contributed by atoms with Gasteiger partial charge in [0.2, 0.25) is 0 Å². The fourth-order valence-electron chi connectivity index (χ4n) is 1.71. The van der Waals surface area contributed by atoms with Crippen LogP contribution in [0.4, 0.5) is 21.0 Å². The van der Waals surface area contributed by atoms with Crippen LogP contribution in [0.25, 0.3) is 0 Å². The molecule has 0 aliphatic carbocycles. The third kappa shape index (κ3) is 7.48. The third-order valence-electron chi connectivity index (χ3n) is 3.19. The van der Waals surface area contributed by atoms with Gasteiger partial charge in [0, 0.05) is 11.4 Å². The van der Waals surface area contributed by atoms with Crippen LogP contribution in [-0.2, 0) is 29.5 Å². The van der Waals surface area contributed by atoms with Gasteiger partial charge in [-0.15, -0.1) is 0 Å². The van der Waals surface area contributed by atoms with Gasteiger partial charge >= 0.3 is 12.2 Å². The molecule has 164 valence electrons. The summed E-state index contributed by atoms with van der Waals surface area (Å²) in [7, 11) is -5.58. The molecule has 2 aromatic rings. The number of sulfonamides is 2. The zero-order chi connectivity index (χ0) is 22.9. The number of methoxy groups -OCH3 is 2. The van der Waals surface area contributed by atoms with Crippen molar-refractivity contribution in [3.8, 4) is 0 Å². The molecule has 0 aliphatic rings. The molecular formula is C16H20N4O8S2. The summed E-state index contributed by atoms with van der Waals surface area (Å²) in [4.78, 5) is 21.4. The monoisotopic (exact) mass is 460 g/mol. The van der Waals surface area contributed by atoms with E-state index in [1.807, 2.05) is 0 Å². The van der Waals surface area contributed by atoms with Crippen LogP contribution in [0.5, 0.6) is 0 Å². The molecular weight excluding hydrogens is 440 g/mol. The molecule has 14 heteroatoms. The van der Waals surface area contributed by atoms with Crippen LogP contribution in [-0.4, -0.2) is 43.2 Å². The maximum absolute atomic E-state index is 11.5. The zero-order valence-corrected chi connectivity index (χ0v) is 17.5. The molecule has 0 aliphatic heterocycles. The number of hydrogen-bond acceptors (Lipinski definition) is 10. The van der Waals surface area contributed by atoms with Gasteiger partial charge in [-0.25, -0.2) is 35.9 Å². The molecule has 0 bridgehead atoms. The molecule has 2 aromatic carbocycles. The Labute approximate surface area is 173 Å². The van der Waals surface area contributed by atoms with E-state index < -0.39 is 32.2 Å². The third-order valence-corrected chi connectivity index (χ3v) is 5.84. The van der Waals surface area contributed by atoms with Crippen LogP contribution < -0.4 is 20.9 Å². The molecule has 0 unspecified atom stereocenters. The molecule has 12 nitrogen and oxygen atoms in total. The molecule has 0 saturated carbocycles. The number of carbonyl (C=O) groups is 2. The summed E-state index contributed by atoms with van der Waals surface area (Å²) in [6, 6.07) is 10.9. The quantitative estimate of drug-likeness (QED) is 0.469. The lowest BCUT2D eigenvalue weighted by molar-refractivity contribution is 0.176. The lowest BCUT2D eigenvalue weighted by Crippen LogP contribution is -2.30. The minimum atomic E-state index is -3.87. The summed E-state index contributed by atoms with van der Waals surface area (Å²) in [6.07, 6.45) is -2.07. The second-order valence-corrected chi connectivity index (χ2v) is 8.70. The van der Waals surface area contributed by atoms with Crippen molar-refractivity contribution in [1.82, 2.24) is 9.44 Å². The van der Waals surface area contributed by atoms with Gasteiger partial charge in [-0.1, -0.05) is 0 Å². The van der Waals surface area contributed by atoms with Crippen LogP contribution in [0.15, 0.2) is 58.3 Å². The number of rotatable bonds is 4. The fourth-order valence-corrected chi connectivity index (χ4v) is 3.54. The van der Waals surface area contributed by atoms with Crippen molar-refractivity contribution in [2.75, 3.05) is 25.7 Å². The largest absolute Gasteiger partial charge is 0.452 e. The van der Waals surface area contributed by atoms with Crippen molar-refractivity contribution in [3.05, 3.63) is 48.5 Å². The van der Waals surface area contributed by atoms with E-state index in [9.17, 15) is 26.4 Å². The summed E-state index contributed by atoms with van der Waals surface area (Å²) < 4.78 is 57.6. The lowest BCUT2D eigenvalue weighted by atomic mass is 10.3. The minimum Gasteiger partial charge on any atom is -0.452 e. The summed E-state index contributed by atoms with van der Waals surface area (Å²) >= 11 is 0. The van der Waals surface area contributed by atoms with E-state index in [2.05, 4.69) is 9.47 Å². The number of ether oxygens (including phenoxy) is 2. The first-order valence-corrected chi connectivity index (χ1v) is 10.8. The molecule has 0 heterocycles. The lowest BCUT2D eigenvalue weighted by Gasteiger charge is -2.05. The Kier molecular flexibility index (Phi) is 8.43. The normalized spacial score (nSPS) is 10.7. The number of hydrogen-bond donors (Lipinski definition) is 4. The molecule has 0 aromatic heterocycles. The van der Waals surface area contributed by atoms with Crippen LogP contribution in [0.3, 0.4) is 0 Å². The van der Waals surface area contributed by atoms with Crippen molar-refractivity contribution in [3.63, 3.8) is 0 Å². The highest BCUT2D eigenvalue weighted by Crippen LogP contribution is 2.12.